The number of hydrogen-bond donors (Lipinski definition) is 0. The Hall–Kier alpha value is -0.860. The molecular formula is C12H10Cl2O2. The number of rotatable bonds is 2. The van der Waals surface area contributed by atoms with Gasteiger partial charge in [-0.05, 0) is 24.6 Å². The monoisotopic (exact) mass is 256 g/mol. The molecule has 0 bridgehead atoms. The highest BCUT2D eigenvalue weighted by atomic mass is 35.5. The lowest BCUT2D eigenvalue weighted by molar-refractivity contribution is -0.117. The predicted molar refractivity (Wildman–Crippen MR) is 63.1 cm³/mol. The van der Waals surface area contributed by atoms with E-state index in [0.29, 0.717) is 34.9 Å². The van der Waals surface area contributed by atoms with Gasteiger partial charge in [0.15, 0.2) is 5.78 Å². The molecule has 1 unspecified atom stereocenters. The van der Waals surface area contributed by atoms with Gasteiger partial charge in [0.05, 0.1) is 5.02 Å². The molecule has 0 aliphatic heterocycles. The molecule has 2 nitrogen and oxygen atoms in total. The number of Topliss-reactive ketones (excluding diaryl/α,β-unsaturated/α-hetero) is 2. The van der Waals surface area contributed by atoms with E-state index in [2.05, 4.69) is 0 Å². The smallest absolute Gasteiger partial charge is 0.167 e. The van der Waals surface area contributed by atoms with E-state index < -0.39 is 0 Å². The first-order chi connectivity index (χ1) is 7.58. The molecule has 4 heteroatoms. The zero-order valence-corrected chi connectivity index (χ0v) is 10.0. The van der Waals surface area contributed by atoms with Crippen molar-refractivity contribution in [2.75, 3.05) is 0 Å². The van der Waals surface area contributed by atoms with E-state index in [-0.39, 0.29) is 17.5 Å². The van der Waals surface area contributed by atoms with Crippen LogP contribution in [-0.2, 0) is 4.79 Å². The van der Waals surface area contributed by atoms with Crippen LogP contribution < -0.4 is 0 Å². The fourth-order valence-electron chi connectivity index (χ4n) is 1.94. The molecular weight excluding hydrogens is 247 g/mol. The van der Waals surface area contributed by atoms with E-state index in [4.69, 9.17) is 23.2 Å². The van der Waals surface area contributed by atoms with E-state index >= 15 is 0 Å². The summed E-state index contributed by atoms with van der Waals surface area (Å²) in [5.41, 5.74) is 0.425. The van der Waals surface area contributed by atoms with Crippen molar-refractivity contribution in [1.29, 1.82) is 0 Å². The van der Waals surface area contributed by atoms with Crippen molar-refractivity contribution in [2.45, 2.75) is 19.3 Å². The maximum Gasteiger partial charge on any atom is 0.167 e. The van der Waals surface area contributed by atoms with Gasteiger partial charge in [-0.2, -0.15) is 0 Å². The van der Waals surface area contributed by atoms with Gasteiger partial charge in [-0.1, -0.05) is 23.2 Å². The fourth-order valence-corrected chi connectivity index (χ4v) is 2.33. The molecule has 0 spiro atoms. The highest BCUT2D eigenvalue weighted by Gasteiger charge is 2.29. The lowest BCUT2D eigenvalue weighted by atomic mass is 9.96. The SMILES string of the molecule is O=C1CCC(C(=O)c2cc(Cl)ccc2Cl)C1. The Morgan fingerprint density at radius 1 is 1.31 bits per heavy atom. The summed E-state index contributed by atoms with van der Waals surface area (Å²) in [6, 6.07) is 4.81. The van der Waals surface area contributed by atoms with Crippen molar-refractivity contribution in [1.82, 2.24) is 0 Å². The molecule has 1 aromatic rings. The summed E-state index contributed by atoms with van der Waals surface area (Å²) >= 11 is 11.8. The highest BCUT2D eigenvalue weighted by molar-refractivity contribution is 6.36. The van der Waals surface area contributed by atoms with Crippen LogP contribution in [0.4, 0.5) is 0 Å². The molecule has 1 aromatic carbocycles. The summed E-state index contributed by atoms with van der Waals surface area (Å²) in [5, 5.41) is 0.880. The van der Waals surface area contributed by atoms with Crippen molar-refractivity contribution < 1.29 is 9.59 Å². The Morgan fingerprint density at radius 3 is 2.69 bits per heavy atom. The van der Waals surface area contributed by atoms with Crippen LogP contribution in [0.15, 0.2) is 18.2 Å². The maximum atomic E-state index is 12.1. The summed E-state index contributed by atoms with van der Waals surface area (Å²) in [6.45, 7) is 0. The van der Waals surface area contributed by atoms with Crippen molar-refractivity contribution in [3.63, 3.8) is 0 Å². The van der Waals surface area contributed by atoms with Crippen LogP contribution in [0.5, 0.6) is 0 Å². The van der Waals surface area contributed by atoms with Gasteiger partial charge in [0.25, 0.3) is 0 Å². The molecule has 0 N–H and O–H groups in total. The average molecular weight is 257 g/mol. The summed E-state index contributed by atoms with van der Waals surface area (Å²) < 4.78 is 0. The summed E-state index contributed by atoms with van der Waals surface area (Å²) in [7, 11) is 0. The van der Waals surface area contributed by atoms with E-state index in [1.807, 2.05) is 0 Å². The number of ketones is 2. The number of carbonyl (C=O) groups excluding carboxylic acids is 2. The zero-order chi connectivity index (χ0) is 11.7. The second-order valence-corrected chi connectivity index (χ2v) is 4.81. The molecule has 1 aliphatic carbocycles. The molecule has 0 radical (unpaired) electrons. The first kappa shape index (κ1) is 11.6. The highest BCUT2D eigenvalue weighted by Crippen LogP contribution is 2.29. The van der Waals surface area contributed by atoms with Crippen molar-refractivity contribution in [3.8, 4) is 0 Å². The number of halogens is 2. The van der Waals surface area contributed by atoms with Crippen molar-refractivity contribution >= 4 is 34.8 Å². The Morgan fingerprint density at radius 2 is 2.06 bits per heavy atom. The molecule has 84 valence electrons. The Kier molecular flexibility index (Phi) is 3.31. The van der Waals surface area contributed by atoms with Crippen LogP contribution in [0.25, 0.3) is 0 Å². The second kappa shape index (κ2) is 4.56. The van der Waals surface area contributed by atoms with Gasteiger partial charge in [-0.25, -0.2) is 0 Å². The van der Waals surface area contributed by atoms with Crippen LogP contribution in [-0.4, -0.2) is 11.6 Å². The third-order valence-electron chi connectivity index (χ3n) is 2.81. The van der Waals surface area contributed by atoms with Gasteiger partial charge in [0, 0.05) is 29.3 Å². The van der Waals surface area contributed by atoms with E-state index in [9.17, 15) is 9.59 Å². The predicted octanol–water partition coefficient (Wildman–Crippen LogP) is 3.55. The van der Waals surface area contributed by atoms with Gasteiger partial charge in [-0.3, -0.25) is 9.59 Å². The summed E-state index contributed by atoms with van der Waals surface area (Å²) in [6.07, 6.45) is 1.46. The van der Waals surface area contributed by atoms with Crippen molar-refractivity contribution in [2.24, 2.45) is 5.92 Å². The minimum Gasteiger partial charge on any atom is -0.300 e. The molecule has 1 saturated carbocycles. The van der Waals surface area contributed by atoms with Crippen LogP contribution in [0.1, 0.15) is 29.6 Å². The molecule has 1 atom stereocenters. The zero-order valence-electron chi connectivity index (χ0n) is 8.50. The van der Waals surface area contributed by atoms with Crippen LogP contribution >= 0.6 is 23.2 Å². The standard InChI is InChI=1S/C12H10Cl2O2/c13-8-2-4-11(14)10(6-8)12(16)7-1-3-9(15)5-7/h2,4,6-7H,1,3,5H2. The Labute approximate surface area is 104 Å². The third kappa shape index (κ3) is 2.28. The fraction of sp³-hybridized carbons (Fsp3) is 0.333. The minimum atomic E-state index is -0.219. The number of hydrogen-bond acceptors (Lipinski definition) is 2. The van der Waals surface area contributed by atoms with Gasteiger partial charge >= 0.3 is 0 Å². The second-order valence-electron chi connectivity index (χ2n) is 3.97. The van der Waals surface area contributed by atoms with Crippen LogP contribution in [0.3, 0.4) is 0 Å². The maximum absolute atomic E-state index is 12.1. The quantitative estimate of drug-likeness (QED) is 0.759. The van der Waals surface area contributed by atoms with Gasteiger partial charge in [0.2, 0.25) is 0 Å². The molecule has 0 amide bonds. The summed E-state index contributed by atoms with van der Waals surface area (Å²) in [4.78, 5) is 23.2. The summed E-state index contributed by atoms with van der Waals surface area (Å²) in [5.74, 6) is -0.140. The normalized spacial score (nSPS) is 20.1. The molecule has 0 heterocycles. The van der Waals surface area contributed by atoms with Crippen LogP contribution in [0, 0.1) is 5.92 Å². The first-order valence-corrected chi connectivity index (χ1v) is 5.84. The number of benzene rings is 1. The topological polar surface area (TPSA) is 34.1 Å². The molecule has 16 heavy (non-hydrogen) atoms. The van der Waals surface area contributed by atoms with E-state index in [1.54, 1.807) is 18.2 Å². The largest absolute Gasteiger partial charge is 0.300 e. The molecule has 1 aliphatic rings. The Balaban J connectivity index is 2.27. The Bertz CT molecular complexity index is 454. The number of carbonyl (C=O) groups is 2. The molecule has 2 rings (SSSR count). The minimum absolute atomic E-state index is 0.0710. The van der Waals surface area contributed by atoms with Gasteiger partial charge < -0.3 is 0 Å². The van der Waals surface area contributed by atoms with Gasteiger partial charge in [-0.15, -0.1) is 0 Å². The molecule has 0 aromatic heterocycles. The molecule has 0 saturated heterocycles. The van der Waals surface area contributed by atoms with Crippen LogP contribution in [0.2, 0.25) is 10.0 Å². The van der Waals surface area contributed by atoms with Gasteiger partial charge in [0.1, 0.15) is 5.78 Å². The lowest BCUT2D eigenvalue weighted by Crippen LogP contribution is -2.12. The van der Waals surface area contributed by atoms with E-state index in [0.717, 1.165) is 0 Å². The third-order valence-corrected chi connectivity index (χ3v) is 3.38. The lowest BCUT2D eigenvalue weighted by Gasteiger charge is -2.08. The van der Waals surface area contributed by atoms with E-state index in [1.165, 1.54) is 0 Å². The average Bonchev–Trinajstić information content (AvgIpc) is 2.67. The first-order valence-electron chi connectivity index (χ1n) is 5.09. The van der Waals surface area contributed by atoms with Crippen molar-refractivity contribution in [3.05, 3.63) is 33.8 Å². The molecule has 1 fully saturated rings.